The summed E-state index contributed by atoms with van der Waals surface area (Å²) in [6.07, 6.45) is -2.74. The second kappa shape index (κ2) is 5.66. The van der Waals surface area contributed by atoms with E-state index in [1.165, 1.54) is 4.90 Å². The standard InChI is InChI=1S/C12H19F3N2O2/c13-12(14,15)10(7-11(18)19)17-6-2-5-16-4-1-3-9(16)8-17/h9-10H,1-8H2,(H,18,19). The van der Waals surface area contributed by atoms with Crippen LogP contribution in [0.25, 0.3) is 0 Å². The third-order valence-corrected chi connectivity index (χ3v) is 4.02. The minimum atomic E-state index is -4.48. The molecule has 0 aromatic heterocycles. The first-order valence-corrected chi connectivity index (χ1v) is 6.64. The summed E-state index contributed by atoms with van der Waals surface area (Å²) in [5.74, 6) is -1.39. The molecule has 2 aliphatic heterocycles. The van der Waals surface area contributed by atoms with Gasteiger partial charge in [-0.3, -0.25) is 14.6 Å². The number of rotatable bonds is 3. The zero-order valence-electron chi connectivity index (χ0n) is 10.7. The lowest BCUT2D eigenvalue weighted by molar-refractivity contribution is -0.191. The molecule has 2 aliphatic rings. The quantitative estimate of drug-likeness (QED) is 0.852. The largest absolute Gasteiger partial charge is 0.481 e. The predicted octanol–water partition coefficient (Wildman–Crippen LogP) is 1.56. The number of halogens is 3. The molecule has 0 saturated carbocycles. The Bertz CT molecular complexity index is 335. The van der Waals surface area contributed by atoms with Crippen molar-refractivity contribution in [3.05, 3.63) is 0 Å². The van der Waals surface area contributed by atoms with Crippen molar-refractivity contribution in [2.45, 2.75) is 43.9 Å². The Balaban J connectivity index is 2.09. The third-order valence-electron chi connectivity index (χ3n) is 4.02. The molecule has 1 N–H and O–H groups in total. The van der Waals surface area contributed by atoms with E-state index in [1.807, 2.05) is 0 Å². The van der Waals surface area contributed by atoms with Crippen LogP contribution in [-0.4, -0.2) is 65.3 Å². The van der Waals surface area contributed by atoms with Gasteiger partial charge in [-0.1, -0.05) is 0 Å². The Hall–Kier alpha value is -0.820. The molecule has 2 fully saturated rings. The lowest BCUT2D eigenvalue weighted by Crippen LogP contribution is -2.50. The summed E-state index contributed by atoms with van der Waals surface area (Å²) in [4.78, 5) is 14.2. The van der Waals surface area contributed by atoms with Crippen LogP contribution in [0, 0.1) is 0 Å². The molecule has 2 saturated heterocycles. The zero-order valence-corrected chi connectivity index (χ0v) is 10.7. The van der Waals surface area contributed by atoms with Crippen LogP contribution in [0.1, 0.15) is 25.7 Å². The van der Waals surface area contributed by atoms with Crippen LogP contribution in [0.4, 0.5) is 13.2 Å². The van der Waals surface area contributed by atoms with Gasteiger partial charge < -0.3 is 5.11 Å². The van der Waals surface area contributed by atoms with Crippen molar-refractivity contribution in [2.24, 2.45) is 0 Å². The third kappa shape index (κ3) is 3.60. The average molecular weight is 280 g/mol. The van der Waals surface area contributed by atoms with Crippen LogP contribution in [0.2, 0.25) is 0 Å². The summed E-state index contributed by atoms with van der Waals surface area (Å²) in [5.41, 5.74) is 0. The van der Waals surface area contributed by atoms with Crippen molar-refractivity contribution in [3.63, 3.8) is 0 Å². The molecular formula is C12H19F3N2O2. The van der Waals surface area contributed by atoms with E-state index in [4.69, 9.17) is 5.11 Å². The topological polar surface area (TPSA) is 43.8 Å². The van der Waals surface area contributed by atoms with E-state index in [0.29, 0.717) is 19.5 Å². The van der Waals surface area contributed by atoms with Crippen LogP contribution in [0.5, 0.6) is 0 Å². The van der Waals surface area contributed by atoms with Crippen LogP contribution in [-0.2, 0) is 4.79 Å². The number of alkyl halides is 3. The highest BCUT2D eigenvalue weighted by Crippen LogP contribution is 2.30. The van der Waals surface area contributed by atoms with Crippen LogP contribution >= 0.6 is 0 Å². The number of nitrogens with zero attached hydrogens (tertiary/aromatic N) is 2. The fourth-order valence-corrected chi connectivity index (χ4v) is 3.14. The highest BCUT2D eigenvalue weighted by molar-refractivity contribution is 5.67. The number of hydrogen-bond donors (Lipinski definition) is 1. The first-order chi connectivity index (χ1) is 8.88. The number of hydrogen-bond acceptors (Lipinski definition) is 3. The lowest BCUT2D eigenvalue weighted by Gasteiger charge is -2.33. The highest BCUT2D eigenvalue weighted by Gasteiger charge is 2.46. The highest BCUT2D eigenvalue weighted by atomic mass is 19.4. The van der Waals surface area contributed by atoms with Gasteiger partial charge in [0.15, 0.2) is 0 Å². The molecular weight excluding hydrogens is 261 g/mol. The number of carboxylic acid groups (broad SMARTS) is 1. The van der Waals surface area contributed by atoms with Gasteiger partial charge >= 0.3 is 12.1 Å². The van der Waals surface area contributed by atoms with Gasteiger partial charge in [0.2, 0.25) is 0 Å². The van der Waals surface area contributed by atoms with E-state index in [9.17, 15) is 18.0 Å². The van der Waals surface area contributed by atoms with Gasteiger partial charge in [0, 0.05) is 19.1 Å². The second-order valence-electron chi connectivity index (χ2n) is 5.34. The molecule has 4 nitrogen and oxygen atoms in total. The monoisotopic (exact) mass is 280 g/mol. The first kappa shape index (κ1) is 14.6. The normalized spacial score (nSPS) is 27.8. The van der Waals surface area contributed by atoms with E-state index in [2.05, 4.69) is 4.90 Å². The summed E-state index contributed by atoms with van der Waals surface area (Å²) >= 11 is 0. The molecule has 0 bridgehead atoms. The van der Waals surface area contributed by atoms with Crippen molar-refractivity contribution in [3.8, 4) is 0 Å². The molecule has 0 amide bonds. The average Bonchev–Trinajstić information content (AvgIpc) is 2.62. The Kier molecular flexibility index (Phi) is 4.35. The van der Waals surface area contributed by atoms with Gasteiger partial charge in [0.05, 0.1) is 6.42 Å². The number of carboxylic acids is 1. The Labute approximate surface area is 110 Å². The van der Waals surface area contributed by atoms with E-state index in [0.717, 1.165) is 25.9 Å². The van der Waals surface area contributed by atoms with Gasteiger partial charge in [-0.2, -0.15) is 13.2 Å². The number of fused-ring (bicyclic) bond motifs is 1. The molecule has 0 spiro atoms. The lowest BCUT2D eigenvalue weighted by atomic mass is 10.1. The van der Waals surface area contributed by atoms with Crippen molar-refractivity contribution in [1.29, 1.82) is 0 Å². The molecule has 2 rings (SSSR count). The molecule has 0 aliphatic carbocycles. The maximum Gasteiger partial charge on any atom is 0.404 e. The summed E-state index contributed by atoms with van der Waals surface area (Å²) in [6.45, 7) is 2.43. The molecule has 19 heavy (non-hydrogen) atoms. The summed E-state index contributed by atoms with van der Waals surface area (Å²) in [7, 11) is 0. The fourth-order valence-electron chi connectivity index (χ4n) is 3.14. The molecule has 0 radical (unpaired) electrons. The zero-order chi connectivity index (χ0) is 14.0. The van der Waals surface area contributed by atoms with Gasteiger partial charge in [0.25, 0.3) is 0 Å². The van der Waals surface area contributed by atoms with E-state index >= 15 is 0 Å². The number of carbonyl (C=O) groups is 1. The molecule has 7 heteroatoms. The Morgan fingerprint density at radius 2 is 1.95 bits per heavy atom. The summed E-state index contributed by atoms with van der Waals surface area (Å²) in [5, 5.41) is 8.70. The predicted molar refractivity (Wildman–Crippen MR) is 62.9 cm³/mol. The van der Waals surface area contributed by atoms with E-state index in [1.54, 1.807) is 0 Å². The summed E-state index contributed by atoms with van der Waals surface area (Å²) < 4.78 is 39.1. The van der Waals surface area contributed by atoms with Crippen LogP contribution in [0.3, 0.4) is 0 Å². The molecule has 0 aromatic rings. The Morgan fingerprint density at radius 1 is 1.26 bits per heavy atom. The molecule has 110 valence electrons. The smallest absolute Gasteiger partial charge is 0.404 e. The summed E-state index contributed by atoms with van der Waals surface area (Å²) in [6, 6.07) is -1.70. The van der Waals surface area contributed by atoms with Crippen LogP contribution < -0.4 is 0 Å². The fraction of sp³-hybridized carbons (Fsp3) is 0.917. The minimum Gasteiger partial charge on any atom is -0.481 e. The Morgan fingerprint density at radius 3 is 2.58 bits per heavy atom. The van der Waals surface area contributed by atoms with Gasteiger partial charge in [-0.15, -0.1) is 0 Å². The molecule has 2 heterocycles. The maximum atomic E-state index is 13.0. The molecule has 2 unspecified atom stereocenters. The van der Waals surface area contributed by atoms with Crippen molar-refractivity contribution < 1.29 is 23.1 Å². The van der Waals surface area contributed by atoms with Crippen molar-refractivity contribution in [2.75, 3.05) is 26.2 Å². The van der Waals surface area contributed by atoms with Gasteiger partial charge in [0.1, 0.15) is 6.04 Å². The van der Waals surface area contributed by atoms with Gasteiger partial charge in [-0.25, -0.2) is 0 Å². The number of aliphatic carboxylic acids is 1. The van der Waals surface area contributed by atoms with E-state index < -0.39 is 24.6 Å². The van der Waals surface area contributed by atoms with Crippen molar-refractivity contribution in [1.82, 2.24) is 9.80 Å². The van der Waals surface area contributed by atoms with E-state index in [-0.39, 0.29) is 6.04 Å². The second-order valence-corrected chi connectivity index (χ2v) is 5.34. The van der Waals surface area contributed by atoms with Gasteiger partial charge in [-0.05, 0) is 32.4 Å². The molecule has 0 aromatic carbocycles. The van der Waals surface area contributed by atoms with Crippen LogP contribution in [0.15, 0.2) is 0 Å². The van der Waals surface area contributed by atoms with Crippen molar-refractivity contribution >= 4 is 5.97 Å². The first-order valence-electron chi connectivity index (χ1n) is 6.64. The maximum absolute atomic E-state index is 13.0. The minimum absolute atomic E-state index is 0.154. The molecule has 2 atom stereocenters. The SMILES string of the molecule is O=C(O)CC(N1CCCN2CCCC2C1)C(F)(F)F.